The van der Waals surface area contributed by atoms with Crippen LogP contribution in [0.4, 0.5) is 0 Å². The molecule has 2 rings (SSSR count). The fraction of sp³-hybridized carbons (Fsp3) is 0.250. The van der Waals surface area contributed by atoms with Gasteiger partial charge in [0, 0.05) is 5.56 Å². The molecule has 0 aliphatic heterocycles. The molecule has 0 saturated carbocycles. The van der Waals surface area contributed by atoms with E-state index >= 15 is 0 Å². The maximum Gasteiger partial charge on any atom is 0.374 e. The van der Waals surface area contributed by atoms with E-state index in [-0.39, 0.29) is 31.0 Å². The summed E-state index contributed by atoms with van der Waals surface area (Å²) >= 11 is 0. The zero-order valence-corrected chi connectivity index (χ0v) is 13.6. The molecule has 2 heterocycles. The summed E-state index contributed by atoms with van der Waals surface area (Å²) in [6.45, 7) is 6.61. The molecular formula is C16H17N3O6. The molecule has 0 saturated heterocycles. The third kappa shape index (κ3) is 3.30. The van der Waals surface area contributed by atoms with Crippen LogP contribution in [0.25, 0.3) is 0 Å². The highest BCUT2D eigenvalue weighted by atomic mass is 16.5. The quantitative estimate of drug-likeness (QED) is 0.514. The van der Waals surface area contributed by atoms with Crippen molar-refractivity contribution in [2.45, 2.75) is 19.6 Å². The molecule has 2 aromatic heterocycles. The number of methoxy groups -OCH3 is 1. The van der Waals surface area contributed by atoms with Gasteiger partial charge in [-0.05, 0) is 6.07 Å². The van der Waals surface area contributed by atoms with Crippen LogP contribution in [0.2, 0.25) is 0 Å². The summed E-state index contributed by atoms with van der Waals surface area (Å²) in [6.07, 6.45) is 3.98. The zero-order valence-electron chi connectivity index (χ0n) is 13.6. The van der Waals surface area contributed by atoms with Crippen molar-refractivity contribution >= 4 is 5.97 Å². The number of allylic oxidation sites excluding steroid dienone is 2. The van der Waals surface area contributed by atoms with Gasteiger partial charge in [-0.1, -0.05) is 12.2 Å². The Morgan fingerprint density at radius 2 is 1.60 bits per heavy atom. The SMILES string of the molecule is C=CCn1c(=O)n(CC=C)c(=O)n(Cc2ccoc2C(=O)OC)c1=O. The van der Waals surface area contributed by atoms with E-state index in [4.69, 9.17) is 4.42 Å². The zero-order chi connectivity index (χ0) is 18.6. The summed E-state index contributed by atoms with van der Waals surface area (Å²) in [7, 11) is 1.18. The minimum absolute atomic E-state index is 0.0651. The Morgan fingerprint density at radius 3 is 2.08 bits per heavy atom. The van der Waals surface area contributed by atoms with E-state index < -0.39 is 23.0 Å². The average Bonchev–Trinajstić information content (AvgIpc) is 3.07. The Bertz CT molecular complexity index is 940. The minimum atomic E-state index is -0.813. The van der Waals surface area contributed by atoms with Gasteiger partial charge in [-0.2, -0.15) is 0 Å². The fourth-order valence-corrected chi connectivity index (χ4v) is 2.29. The van der Waals surface area contributed by atoms with Crippen molar-refractivity contribution in [2.75, 3.05) is 7.11 Å². The highest BCUT2D eigenvalue weighted by Crippen LogP contribution is 2.12. The first-order chi connectivity index (χ1) is 12.0. The Hall–Kier alpha value is -3.36. The van der Waals surface area contributed by atoms with Gasteiger partial charge in [0.15, 0.2) is 0 Å². The average molecular weight is 347 g/mol. The monoisotopic (exact) mass is 347 g/mol. The van der Waals surface area contributed by atoms with Gasteiger partial charge in [0.2, 0.25) is 5.76 Å². The molecule has 9 nitrogen and oxygen atoms in total. The van der Waals surface area contributed by atoms with Crippen LogP contribution >= 0.6 is 0 Å². The molecule has 0 fully saturated rings. The smallest absolute Gasteiger partial charge is 0.374 e. The van der Waals surface area contributed by atoms with Gasteiger partial charge in [0.1, 0.15) is 0 Å². The van der Waals surface area contributed by atoms with E-state index in [1.54, 1.807) is 0 Å². The summed E-state index contributed by atoms with van der Waals surface area (Å²) in [5, 5.41) is 0. The van der Waals surface area contributed by atoms with Gasteiger partial charge in [-0.3, -0.25) is 0 Å². The molecule has 25 heavy (non-hydrogen) atoms. The predicted octanol–water partition coefficient (Wildman–Crippen LogP) is -0.0284. The number of furan rings is 1. The number of aromatic nitrogens is 3. The van der Waals surface area contributed by atoms with Crippen LogP contribution in [0.15, 0.2) is 56.4 Å². The van der Waals surface area contributed by atoms with Crippen molar-refractivity contribution in [1.82, 2.24) is 13.7 Å². The van der Waals surface area contributed by atoms with Gasteiger partial charge in [0.25, 0.3) is 0 Å². The van der Waals surface area contributed by atoms with Crippen LogP contribution in [0, 0.1) is 0 Å². The fourth-order valence-electron chi connectivity index (χ4n) is 2.29. The van der Waals surface area contributed by atoms with Crippen LogP contribution in [-0.2, 0) is 24.4 Å². The van der Waals surface area contributed by atoms with Gasteiger partial charge < -0.3 is 9.15 Å². The molecular weight excluding hydrogens is 330 g/mol. The van der Waals surface area contributed by atoms with Gasteiger partial charge in [-0.15, -0.1) is 13.2 Å². The van der Waals surface area contributed by atoms with E-state index in [0.717, 1.165) is 13.7 Å². The second-order valence-electron chi connectivity index (χ2n) is 5.00. The second-order valence-corrected chi connectivity index (χ2v) is 5.00. The minimum Gasteiger partial charge on any atom is -0.463 e. The van der Waals surface area contributed by atoms with Gasteiger partial charge >= 0.3 is 23.0 Å². The molecule has 0 amide bonds. The Labute approximate surface area is 141 Å². The number of esters is 1. The molecule has 0 unspecified atom stereocenters. The van der Waals surface area contributed by atoms with Crippen molar-refractivity contribution < 1.29 is 13.9 Å². The van der Waals surface area contributed by atoms with Crippen LogP contribution in [0.1, 0.15) is 16.1 Å². The third-order valence-electron chi connectivity index (χ3n) is 3.45. The molecule has 0 radical (unpaired) electrons. The van der Waals surface area contributed by atoms with Crippen molar-refractivity contribution in [3.63, 3.8) is 0 Å². The van der Waals surface area contributed by atoms with E-state index in [1.165, 1.54) is 31.6 Å². The maximum absolute atomic E-state index is 12.5. The topological polar surface area (TPSA) is 105 Å². The van der Waals surface area contributed by atoms with Crippen LogP contribution in [0.5, 0.6) is 0 Å². The lowest BCUT2D eigenvalue weighted by atomic mass is 10.2. The lowest BCUT2D eigenvalue weighted by molar-refractivity contribution is 0.0563. The molecule has 0 atom stereocenters. The molecule has 0 N–H and O–H groups in total. The lowest BCUT2D eigenvalue weighted by Crippen LogP contribution is -2.54. The van der Waals surface area contributed by atoms with Gasteiger partial charge in [0.05, 0.1) is 33.0 Å². The van der Waals surface area contributed by atoms with E-state index in [9.17, 15) is 19.2 Å². The second kappa shape index (κ2) is 7.47. The molecule has 0 aromatic carbocycles. The Morgan fingerprint density at radius 1 is 1.08 bits per heavy atom. The first-order valence-corrected chi connectivity index (χ1v) is 7.27. The molecule has 9 heteroatoms. The largest absolute Gasteiger partial charge is 0.463 e. The Kier molecular flexibility index (Phi) is 5.38. The number of hydrogen-bond donors (Lipinski definition) is 0. The van der Waals surface area contributed by atoms with Crippen molar-refractivity contribution in [3.05, 3.63) is 80.4 Å². The lowest BCUT2D eigenvalue weighted by Gasteiger charge is -2.12. The van der Waals surface area contributed by atoms with Gasteiger partial charge in [-0.25, -0.2) is 32.9 Å². The summed E-state index contributed by atoms with van der Waals surface area (Å²) in [6, 6.07) is 1.44. The predicted molar refractivity (Wildman–Crippen MR) is 88.8 cm³/mol. The maximum atomic E-state index is 12.5. The van der Waals surface area contributed by atoms with Crippen LogP contribution < -0.4 is 17.1 Å². The third-order valence-corrected chi connectivity index (χ3v) is 3.45. The number of nitrogens with zero attached hydrogens (tertiary/aromatic N) is 3. The summed E-state index contributed by atoms with van der Waals surface area (Å²) < 4.78 is 12.2. The summed E-state index contributed by atoms with van der Waals surface area (Å²) in [5.41, 5.74) is -2.11. The van der Waals surface area contributed by atoms with Crippen LogP contribution in [-0.4, -0.2) is 26.8 Å². The van der Waals surface area contributed by atoms with E-state index in [2.05, 4.69) is 17.9 Å². The number of hydrogen-bond acceptors (Lipinski definition) is 6. The van der Waals surface area contributed by atoms with Crippen LogP contribution in [0.3, 0.4) is 0 Å². The number of ether oxygens (including phenoxy) is 1. The molecule has 0 aliphatic carbocycles. The number of carbonyl (C=O) groups excluding carboxylic acids is 1. The summed E-state index contributed by atoms with van der Waals surface area (Å²) in [4.78, 5) is 49.0. The normalized spacial score (nSPS) is 10.4. The highest BCUT2D eigenvalue weighted by molar-refractivity contribution is 5.87. The first kappa shape index (κ1) is 18.0. The summed E-state index contributed by atoms with van der Waals surface area (Å²) in [5.74, 6) is -0.857. The van der Waals surface area contributed by atoms with Crippen molar-refractivity contribution in [1.29, 1.82) is 0 Å². The Balaban J connectivity index is 2.68. The molecule has 0 aliphatic rings. The van der Waals surface area contributed by atoms with E-state index in [0.29, 0.717) is 0 Å². The van der Waals surface area contributed by atoms with Crippen molar-refractivity contribution in [2.24, 2.45) is 0 Å². The van der Waals surface area contributed by atoms with Crippen molar-refractivity contribution in [3.8, 4) is 0 Å². The first-order valence-electron chi connectivity index (χ1n) is 7.27. The molecule has 0 spiro atoms. The highest BCUT2D eigenvalue weighted by Gasteiger charge is 2.20. The molecule has 2 aromatic rings. The number of rotatable bonds is 7. The van der Waals surface area contributed by atoms with E-state index in [1.807, 2.05) is 0 Å². The standard InChI is InChI=1S/C16H17N3O6/c1-4-7-17-14(21)18(8-5-2)16(23)19(15(17)22)10-11-6-9-25-12(11)13(20)24-3/h4-6,9H,1-2,7-8,10H2,3H3. The number of carbonyl (C=O) groups is 1. The molecule has 0 bridgehead atoms. The molecule has 132 valence electrons.